The third kappa shape index (κ3) is 4.95. The fourth-order valence-electron chi connectivity index (χ4n) is 2.82. The van der Waals surface area contributed by atoms with E-state index >= 15 is 0 Å². The second-order valence-electron chi connectivity index (χ2n) is 7.27. The average molecular weight is 393 g/mol. The first kappa shape index (κ1) is 21.1. The van der Waals surface area contributed by atoms with E-state index in [1.165, 1.54) is 26.2 Å². The van der Waals surface area contributed by atoms with Gasteiger partial charge in [0.2, 0.25) is 15.9 Å². The highest BCUT2D eigenvalue weighted by Gasteiger charge is 2.19. The van der Waals surface area contributed by atoms with E-state index < -0.39 is 10.0 Å². The second kappa shape index (κ2) is 8.22. The van der Waals surface area contributed by atoms with E-state index in [0.29, 0.717) is 11.6 Å². The molecule has 0 fully saturated rings. The van der Waals surface area contributed by atoms with E-state index in [-0.39, 0.29) is 17.2 Å². The van der Waals surface area contributed by atoms with E-state index in [1.807, 2.05) is 18.5 Å². The molecule has 1 aromatic carbocycles. The first-order valence-electron chi connectivity index (χ1n) is 8.87. The van der Waals surface area contributed by atoms with Crippen LogP contribution in [0.1, 0.15) is 30.8 Å². The number of hydrogen-bond donors (Lipinski definition) is 1. The van der Waals surface area contributed by atoms with Gasteiger partial charge in [-0.1, -0.05) is 19.9 Å². The molecule has 8 heteroatoms. The van der Waals surface area contributed by atoms with Crippen LogP contribution in [-0.4, -0.2) is 42.5 Å². The van der Waals surface area contributed by atoms with Crippen molar-refractivity contribution in [2.45, 2.75) is 45.6 Å². The Hall–Kier alpha value is -2.19. The maximum Gasteiger partial charge on any atom is 0.242 e. The van der Waals surface area contributed by atoms with Crippen LogP contribution in [0, 0.1) is 19.8 Å². The Morgan fingerprint density at radius 3 is 2.52 bits per heavy atom. The van der Waals surface area contributed by atoms with Crippen molar-refractivity contribution in [1.82, 2.24) is 14.1 Å². The first-order valence-corrected chi connectivity index (χ1v) is 10.3. The van der Waals surface area contributed by atoms with E-state index in [0.717, 1.165) is 27.8 Å². The molecule has 27 heavy (non-hydrogen) atoms. The number of aromatic nitrogens is 2. The summed E-state index contributed by atoms with van der Waals surface area (Å²) in [5, 5.41) is 7.32. The highest BCUT2D eigenvalue weighted by molar-refractivity contribution is 7.89. The number of carbonyl (C=O) groups is 1. The molecule has 1 N–H and O–H groups in total. The molecule has 0 radical (unpaired) electrons. The smallest absolute Gasteiger partial charge is 0.242 e. The first-order chi connectivity index (χ1) is 12.5. The maximum atomic E-state index is 12.5. The van der Waals surface area contributed by atoms with E-state index in [2.05, 4.69) is 24.3 Å². The average Bonchev–Trinajstić information content (AvgIpc) is 2.81. The molecule has 0 bridgehead atoms. The van der Waals surface area contributed by atoms with Gasteiger partial charge >= 0.3 is 0 Å². The summed E-state index contributed by atoms with van der Waals surface area (Å²) in [6.45, 7) is 8.92. The molecule has 2 aromatic rings. The molecule has 0 saturated heterocycles. The quantitative estimate of drug-likeness (QED) is 0.785. The molecule has 148 valence electrons. The molecule has 7 nitrogen and oxygen atoms in total. The molecule has 2 rings (SSSR count). The molecule has 1 amide bonds. The Labute approximate surface area is 161 Å². The number of amides is 1. The molecule has 0 aliphatic heterocycles. The molecular weight excluding hydrogens is 364 g/mol. The summed E-state index contributed by atoms with van der Waals surface area (Å²) in [4.78, 5) is 12.6. The number of sulfonamides is 1. The fraction of sp³-hybridized carbons (Fsp3) is 0.474. The minimum absolute atomic E-state index is 0.141. The van der Waals surface area contributed by atoms with Gasteiger partial charge in [0, 0.05) is 37.6 Å². The van der Waals surface area contributed by atoms with Crippen LogP contribution in [0.15, 0.2) is 29.2 Å². The third-order valence-corrected chi connectivity index (χ3v) is 6.11. The Kier molecular flexibility index (Phi) is 6.43. The van der Waals surface area contributed by atoms with Crippen molar-refractivity contribution in [2.75, 3.05) is 19.4 Å². The van der Waals surface area contributed by atoms with Crippen LogP contribution in [0.25, 0.3) is 0 Å². The van der Waals surface area contributed by atoms with Crippen molar-refractivity contribution in [3.63, 3.8) is 0 Å². The van der Waals surface area contributed by atoms with Gasteiger partial charge in [0.1, 0.15) is 0 Å². The van der Waals surface area contributed by atoms with Crippen molar-refractivity contribution in [3.05, 3.63) is 41.2 Å². The summed E-state index contributed by atoms with van der Waals surface area (Å²) in [7, 11) is -0.601. The summed E-state index contributed by atoms with van der Waals surface area (Å²) in [6, 6.07) is 6.27. The van der Waals surface area contributed by atoms with E-state index in [1.54, 1.807) is 12.1 Å². The molecule has 0 unspecified atom stereocenters. The standard InChI is InChI=1S/C19H28N4O3S/c1-13(2)12-23-15(4)18(14(3)21-23)11-19(24)20-16-8-7-9-17(10-16)27(25,26)22(5)6/h7-10,13H,11-12H2,1-6H3,(H,20,24). The van der Waals surface area contributed by atoms with Crippen molar-refractivity contribution < 1.29 is 13.2 Å². The zero-order valence-electron chi connectivity index (χ0n) is 16.8. The summed E-state index contributed by atoms with van der Waals surface area (Å²) in [5.74, 6) is 0.260. The lowest BCUT2D eigenvalue weighted by atomic mass is 10.1. The second-order valence-corrected chi connectivity index (χ2v) is 9.42. The molecule has 0 atom stereocenters. The van der Waals surface area contributed by atoms with Crippen molar-refractivity contribution in [3.8, 4) is 0 Å². The molecule has 1 aromatic heterocycles. The monoisotopic (exact) mass is 392 g/mol. The Morgan fingerprint density at radius 2 is 1.93 bits per heavy atom. The summed E-state index contributed by atoms with van der Waals surface area (Å²) >= 11 is 0. The number of benzene rings is 1. The molecule has 0 aliphatic carbocycles. The highest BCUT2D eigenvalue weighted by atomic mass is 32.2. The number of aryl methyl sites for hydroxylation is 1. The number of carbonyl (C=O) groups excluding carboxylic acids is 1. The van der Waals surface area contributed by atoms with Crippen LogP contribution in [0.4, 0.5) is 5.69 Å². The normalized spacial score (nSPS) is 12.0. The van der Waals surface area contributed by atoms with Gasteiger partial charge in [-0.3, -0.25) is 9.48 Å². The van der Waals surface area contributed by atoms with Crippen LogP contribution >= 0.6 is 0 Å². The van der Waals surface area contributed by atoms with Crippen LogP contribution in [0.2, 0.25) is 0 Å². The lowest BCUT2D eigenvalue weighted by molar-refractivity contribution is -0.115. The lowest BCUT2D eigenvalue weighted by Gasteiger charge is -2.13. The van der Waals surface area contributed by atoms with Gasteiger partial charge < -0.3 is 5.32 Å². The highest BCUT2D eigenvalue weighted by Crippen LogP contribution is 2.19. The summed E-state index contributed by atoms with van der Waals surface area (Å²) in [6.07, 6.45) is 0.195. The molecule has 0 spiro atoms. The van der Waals surface area contributed by atoms with Crippen LogP contribution in [0.5, 0.6) is 0 Å². The molecular formula is C19H28N4O3S. The van der Waals surface area contributed by atoms with Gasteiger partial charge in [0.25, 0.3) is 0 Å². The number of nitrogens with one attached hydrogen (secondary N) is 1. The summed E-state index contributed by atoms with van der Waals surface area (Å²) in [5.41, 5.74) is 3.19. The number of rotatable bonds is 7. The Balaban J connectivity index is 2.17. The van der Waals surface area contributed by atoms with Crippen LogP contribution in [0.3, 0.4) is 0 Å². The molecule has 0 aliphatic rings. The van der Waals surface area contributed by atoms with E-state index in [4.69, 9.17) is 0 Å². The van der Waals surface area contributed by atoms with Gasteiger partial charge in [0.05, 0.1) is 17.0 Å². The minimum atomic E-state index is -3.55. The van der Waals surface area contributed by atoms with Crippen molar-refractivity contribution in [1.29, 1.82) is 0 Å². The van der Waals surface area contributed by atoms with Gasteiger partial charge in [-0.25, -0.2) is 12.7 Å². The van der Waals surface area contributed by atoms with Crippen molar-refractivity contribution >= 4 is 21.6 Å². The number of hydrogen-bond acceptors (Lipinski definition) is 4. The fourth-order valence-corrected chi connectivity index (χ4v) is 3.77. The van der Waals surface area contributed by atoms with E-state index in [9.17, 15) is 13.2 Å². The molecule has 1 heterocycles. The minimum Gasteiger partial charge on any atom is -0.326 e. The largest absolute Gasteiger partial charge is 0.326 e. The van der Waals surface area contributed by atoms with Crippen LogP contribution in [-0.2, 0) is 27.8 Å². The maximum absolute atomic E-state index is 12.5. The van der Waals surface area contributed by atoms with Gasteiger partial charge in [-0.05, 0) is 38.0 Å². The predicted octanol–water partition coefficient (Wildman–Crippen LogP) is 2.59. The SMILES string of the molecule is Cc1nn(CC(C)C)c(C)c1CC(=O)Nc1cccc(S(=O)(=O)N(C)C)c1. The van der Waals surface area contributed by atoms with Gasteiger partial charge in [-0.15, -0.1) is 0 Å². The molecule has 0 saturated carbocycles. The third-order valence-electron chi connectivity index (χ3n) is 4.30. The predicted molar refractivity (Wildman–Crippen MR) is 106 cm³/mol. The zero-order valence-corrected chi connectivity index (χ0v) is 17.6. The topological polar surface area (TPSA) is 84.3 Å². The van der Waals surface area contributed by atoms with Crippen LogP contribution < -0.4 is 5.32 Å². The lowest BCUT2D eigenvalue weighted by Crippen LogP contribution is -2.22. The Morgan fingerprint density at radius 1 is 1.26 bits per heavy atom. The Bertz CT molecular complexity index is 930. The zero-order chi connectivity index (χ0) is 20.4. The number of nitrogens with zero attached hydrogens (tertiary/aromatic N) is 3. The van der Waals surface area contributed by atoms with Gasteiger partial charge in [0.15, 0.2) is 0 Å². The number of anilines is 1. The summed E-state index contributed by atoms with van der Waals surface area (Å²) < 4.78 is 27.6. The van der Waals surface area contributed by atoms with Gasteiger partial charge in [-0.2, -0.15) is 5.10 Å². The van der Waals surface area contributed by atoms with Crippen molar-refractivity contribution in [2.24, 2.45) is 5.92 Å².